The average Bonchev–Trinajstić information content (AvgIpc) is 2.52. The Morgan fingerprint density at radius 2 is 1.91 bits per heavy atom. The van der Waals surface area contributed by atoms with Crippen LogP contribution in [0.25, 0.3) is 0 Å². The Labute approximate surface area is 132 Å². The molecule has 0 spiro atoms. The van der Waals surface area contributed by atoms with Gasteiger partial charge >= 0.3 is 0 Å². The quantitative estimate of drug-likeness (QED) is 0.438. The molecule has 0 saturated carbocycles. The first-order valence-electron chi connectivity index (χ1n) is 7.38. The van der Waals surface area contributed by atoms with Crippen molar-refractivity contribution in [1.29, 1.82) is 0 Å². The highest BCUT2D eigenvalue weighted by molar-refractivity contribution is 5.93. The van der Waals surface area contributed by atoms with Gasteiger partial charge in [0.2, 0.25) is 0 Å². The van der Waals surface area contributed by atoms with Gasteiger partial charge in [-0.2, -0.15) is 0 Å². The molecule has 0 aromatic heterocycles. The summed E-state index contributed by atoms with van der Waals surface area (Å²) >= 11 is 0. The van der Waals surface area contributed by atoms with Crippen molar-refractivity contribution in [1.82, 2.24) is 5.32 Å². The molecule has 1 aromatic carbocycles. The van der Waals surface area contributed by atoms with Crippen molar-refractivity contribution >= 4 is 11.6 Å². The van der Waals surface area contributed by atoms with Crippen molar-refractivity contribution in [2.75, 3.05) is 46.3 Å². The lowest BCUT2D eigenvalue weighted by Crippen LogP contribution is -2.33. The summed E-state index contributed by atoms with van der Waals surface area (Å²) < 4.78 is 16.0. The largest absolute Gasteiger partial charge is 0.493 e. The first-order chi connectivity index (χ1) is 10.6. The number of hydrogen-bond acceptors (Lipinski definition) is 4. The molecule has 0 bridgehead atoms. The Morgan fingerprint density at radius 1 is 1.18 bits per heavy atom. The number of methoxy groups -OCH3 is 2. The molecule has 6 heteroatoms. The minimum atomic E-state index is 0.546. The lowest BCUT2D eigenvalue weighted by molar-refractivity contribution is 0.114. The summed E-state index contributed by atoms with van der Waals surface area (Å²) in [5.41, 5.74) is 0.869. The van der Waals surface area contributed by atoms with Crippen molar-refractivity contribution in [2.45, 2.75) is 13.8 Å². The number of nitrogens with one attached hydrogen (secondary N) is 2. The first kappa shape index (κ1) is 18.1. The van der Waals surface area contributed by atoms with Crippen LogP contribution < -0.4 is 20.1 Å². The highest BCUT2D eigenvalue weighted by Crippen LogP contribution is 2.29. The molecule has 0 saturated heterocycles. The molecule has 0 fully saturated rings. The van der Waals surface area contributed by atoms with E-state index in [0.717, 1.165) is 12.3 Å². The third-order valence-electron chi connectivity index (χ3n) is 2.86. The van der Waals surface area contributed by atoms with Crippen LogP contribution in [0.4, 0.5) is 5.69 Å². The molecule has 0 radical (unpaired) electrons. The molecule has 0 aliphatic heterocycles. The lowest BCUT2D eigenvalue weighted by Gasteiger charge is -2.14. The van der Waals surface area contributed by atoms with Crippen molar-refractivity contribution in [3.05, 3.63) is 18.2 Å². The number of aliphatic imine (C=N–C) groups is 1. The van der Waals surface area contributed by atoms with Crippen LogP contribution in [0.1, 0.15) is 13.8 Å². The molecular formula is C16H27N3O3. The SMILES string of the molecule is CN=C(NCCOCC(C)C)Nc1ccc(OC)c(OC)c1. The highest BCUT2D eigenvalue weighted by Gasteiger charge is 2.06. The van der Waals surface area contributed by atoms with E-state index in [1.165, 1.54) is 0 Å². The zero-order valence-electron chi connectivity index (χ0n) is 14.1. The second-order valence-electron chi connectivity index (χ2n) is 5.16. The number of benzene rings is 1. The summed E-state index contributed by atoms with van der Waals surface area (Å²) in [5, 5.41) is 6.40. The summed E-state index contributed by atoms with van der Waals surface area (Å²) in [6.07, 6.45) is 0. The van der Waals surface area contributed by atoms with E-state index in [1.807, 2.05) is 18.2 Å². The molecule has 1 aromatic rings. The van der Waals surface area contributed by atoms with Crippen molar-refractivity contribution in [3.8, 4) is 11.5 Å². The molecule has 124 valence electrons. The minimum absolute atomic E-state index is 0.546. The van der Waals surface area contributed by atoms with E-state index in [4.69, 9.17) is 14.2 Å². The van der Waals surface area contributed by atoms with E-state index in [1.54, 1.807) is 21.3 Å². The number of anilines is 1. The second kappa shape index (κ2) is 9.89. The summed E-state index contributed by atoms with van der Waals surface area (Å²) in [5.74, 6) is 2.59. The van der Waals surface area contributed by atoms with E-state index in [2.05, 4.69) is 29.5 Å². The molecule has 0 aliphatic carbocycles. The zero-order valence-corrected chi connectivity index (χ0v) is 14.1. The maximum atomic E-state index is 5.53. The number of rotatable bonds is 8. The Kier molecular flexibility index (Phi) is 8.14. The van der Waals surface area contributed by atoms with Crippen LogP contribution in [0.15, 0.2) is 23.2 Å². The predicted molar refractivity (Wildman–Crippen MR) is 90.2 cm³/mol. The average molecular weight is 309 g/mol. The van der Waals surface area contributed by atoms with E-state index < -0.39 is 0 Å². The predicted octanol–water partition coefficient (Wildman–Crippen LogP) is 2.36. The Hall–Kier alpha value is -1.95. The maximum Gasteiger partial charge on any atom is 0.195 e. The third kappa shape index (κ3) is 6.22. The van der Waals surface area contributed by atoms with E-state index in [9.17, 15) is 0 Å². The van der Waals surface area contributed by atoms with Gasteiger partial charge in [0, 0.05) is 32.0 Å². The minimum Gasteiger partial charge on any atom is -0.493 e. The van der Waals surface area contributed by atoms with Crippen molar-refractivity contribution in [3.63, 3.8) is 0 Å². The highest BCUT2D eigenvalue weighted by atomic mass is 16.5. The number of nitrogens with zero attached hydrogens (tertiary/aromatic N) is 1. The monoisotopic (exact) mass is 309 g/mol. The van der Waals surface area contributed by atoms with E-state index in [-0.39, 0.29) is 0 Å². The Morgan fingerprint density at radius 3 is 2.50 bits per heavy atom. The fraction of sp³-hybridized carbons (Fsp3) is 0.562. The number of guanidine groups is 1. The molecular weight excluding hydrogens is 282 g/mol. The summed E-state index contributed by atoms with van der Waals surface area (Å²) in [7, 11) is 4.95. The van der Waals surface area contributed by atoms with Gasteiger partial charge in [0.25, 0.3) is 0 Å². The van der Waals surface area contributed by atoms with Crippen LogP contribution in [-0.4, -0.2) is 47.0 Å². The number of hydrogen-bond donors (Lipinski definition) is 2. The third-order valence-corrected chi connectivity index (χ3v) is 2.86. The molecule has 6 nitrogen and oxygen atoms in total. The topological polar surface area (TPSA) is 64.1 Å². The molecule has 2 N–H and O–H groups in total. The summed E-state index contributed by atoms with van der Waals surface area (Å²) in [6.45, 7) is 6.36. The van der Waals surface area contributed by atoms with E-state index in [0.29, 0.717) is 36.5 Å². The molecule has 0 atom stereocenters. The van der Waals surface area contributed by atoms with Gasteiger partial charge in [-0.15, -0.1) is 0 Å². The fourth-order valence-corrected chi connectivity index (χ4v) is 1.79. The summed E-state index contributed by atoms with van der Waals surface area (Å²) in [4.78, 5) is 4.18. The van der Waals surface area contributed by atoms with Crippen LogP contribution in [-0.2, 0) is 4.74 Å². The van der Waals surface area contributed by atoms with Gasteiger partial charge < -0.3 is 24.8 Å². The standard InChI is InChI=1S/C16H27N3O3/c1-12(2)11-22-9-8-18-16(17-3)19-13-6-7-14(20-4)15(10-13)21-5/h6-7,10,12H,8-9,11H2,1-5H3,(H2,17,18,19). The Balaban J connectivity index is 2.49. The van der Waals surface area contributed by atoms with Gasteiger partial charge in [0.1, 0.15) is 0 Å². The van der Waals surface area contributed by atoms with Gasteiger partial charge in [-0.25, -0.2) is 0 Å². The first-order valence-corrected chi connectivity index (χ1v) is 7.38. The maximum absolute atomic E-state index is 5.53. The van der Waals surface area contributed by atoms with Gasteiger partial charge in [-0.05, 0) is 18.1 Å². The lowest BCUT2D eigenvalue weighted by atomic mass is 10.2. The molecule has 0 amide bonds. The van der Waals surface area contributed by atoms with Gasteiger partial charge in [-0.3, -0.25) is 4.99 Å². The van der Waals surface area contributed by atoms with Gasteiger partial charge in [0.15, 0.2) is 17.5 Å². The molecule has 0 heterocycles. The summed E-state index contributed by atoms with van der Waals surface area (Å²) in [6, 6.07) is 5.62. The van der Waals surface area contributed by atoms with E-state index >= 15 is 0 Å². The Bertz CT molecular complexity index is 476. The van der Waals surface area contributed by atoms with Crippen molar-refractivity contribution in [2.24, 2.45) is 10.9 Å². The van der Waals surface area contributed by atoms with Crippen LogP contribution in [0, 0.1) is 5.92 Å². The molecule has 0 unspecified atom stereocenters. The zero-order chi connectivity index (χ0) is 16.4. The van der Waals surface area contributed by atoms with Crippen LogP contribution in [0.2, 0.25) is 0 Å². The smallest absolute Gasteiger partial charge is 0.195 e. The molecule has 1 rings (SSSR count). The number of ether oxygens (including phenoxy) is 3. The molecule has 22 heavy (non-hydrogen) atoms. The normalized spacial score (nSPS) is 11.5. The molecule has 0 aliphatic rings. The second-order valence-corrected chi connectivity index (χ2v) is 5.16. The van der Waals surface area contributed by atoms with Gasteiger partial charge in [0.05, 0.1) is 20.8 Å². The van der Waals surface area contributed by atoms with Gasteiger partial charge in [-0.1, -0.05) is 13.8 Å². The van der Waals surface area contributed by atoms with Crippen LogP contribution in [0.5, 0.6) is 11.5 Å². The van der Waals surface area contributed by atoms with Crippen molar-refractivity contribution < 1.29 is 14.2 Å². The van der Waals surface area contributed by atoms with Crippen LogP contribution >= 0.6 is 0 Å². The fourth-order valence-electron chi connectivity index (χ4n) is 1.79. The van der Waals surface area contributed by atoms with Crippen LogP contribution in [0.3, 0.4) is 0 Å².